The van der Waals surface area contributed by atoms with Crippen LogP contribution in [0.15, 0.2) is 12.4 Å². The van der Waals surface area contributed by atoms with Crippen molar-refractivity contribution in [3.63, 3.8) is 0 Å². The lowest BCUT2D eigenvalue weighted by Crippen LogP contribution is -2.42. The Morgan fingerprint density at radius 2 is 2.24 bits per heavy atom. The van der Waals surface area contributed by atoms with Crippen LogP contribution in [0.2, 0.25) is 5.15 Å². The average Bonchev–Trinajstić information content (AvgIpc) is 2.30. The van der Waals surface area contributed by atoms with Crippen molar-refractivity contribution >= 4 is 17.4 Å². The van der Waals surface area contributed by atoms with Crippen LogP contribution in [-0.2, 0) is 4.74 Å². The molecule has 1 atom stereocenters. The number of hydrogen-bond donors (Lipinski definition) is 1. The van der Waals surface area contributed by atoms with E-state index in [9.17, 15) is 0 Å². The highest BCUT2D eigenvalue weighted by molar-refractivity contribution is 6.29. The summed E-state index contributed by atoms with van der Waals surface area (Å²) in [7, 11) is 0. The molecule has 1 fully saturated rings. The van der Waals surface area contributed by atoms with Crippen LogP contribution < -0.4 is 5.32 Å². The second-order valence-electron chi connectivity index (χ2n) is 4.18. The zero-order valence-electron chi connectivity index (χ0n) is 9.90. The van der Waals surface area contributed by atoms with E-state index >= 15 is 0 Å². The molecule has 17 heavy (non-hydrogen) atoms. The van der Waals surface area contributed by atoms with Gasteiger partial charge in [0.15, 0.2) is 0 Å². The minimum Gasteiger partial charge on any atom is -0.379 e. The molecule has 1 aromatic heterocycles. The molecule has 2 rings (SSSR count). The zero-order chi connectivity index (χ0) is 12.1. The molecule has 0 amide bonds. The van der Waals surface area contributed by atoms with Gasteiger partial charge in [-0.05, 0) is 6.92 Å². The third kappa shape index (κ3) is 4.11. The average molecular weight is 257 g/mol. The molecule has 0 radical (unpaired) electrons. The minimum absolute atomic E-state index is 0.319. The number of rotatable bonds is 4. The summed E-state index contributed by atoms with van der Waals surface area (Å²) in [6, 6.07) is 2.05. The van der Waals surface area contributed by atoms with Crippen molar-refractivity contribution in [1.29, 1.82) is 0 Å². The van der Waals surface area contributed by atoms with Gasteiger partial charge in [0.1, 0.15) is 17.3 Å². The summed E-state index contributed by atoms with van der Waals surface area (Å²) in [5.41, 5.74) is 0. The maximum Gasteiger partial charge on any atom is 0.134 e. The standard InChI is InChI=1S/C11H17ClN4O/c1-9(7-16-2-4-17-5-3-16)15-11-6-10(12)13-8-14-11/h6,8-9H,2-5,7H2,1H3,(H,13,14,15). The van der Waals surface area contributed by atoms with Crippen molar-refractivity contribution < 1.29 is 4.74 Å². The second kappa shape index (κ2) is 6.14. The molecule has 1 unspecified atom stereocenters. The summed E-state index contributed by atoms with van der Waals surface area (Å²) in [4.78, 5) is 10.4. The lowest BCUT2D eigenvalue weighted by Gasteiger charge is -2.29. The van der Waals surface area contributed by atoms with E-state index < -0.39 is 0 Å². The van der Waals surface area contributed by atoms with Gasteiger partial charge in [-0.2, -0.15) is 0 Å². The fourth-order valence-electron chi connectivity index (χ4n) is 1.88. The Hall–Kier alpha value is -0.910. The van der Waals surface area contributed by atoms with E-state index in [1.54, 1.807) is 6.07 Å². The first-order valence-corrected chi connectivity index (χ1v) is 6.16. The van der Waals surface area contributed by atoms with Crippen molar-refractivity contribution in [3.8, 4) is 0 Å². The molecule has 6 heteroatoms. The van der Waals surface area contributed by atoms with Crippen molar-refractivity contribution in [1.82, 2.24) is 14.9 Å². The van der Waals surface area contributed by atoms with Gasteiger partial charge in [0.05, 0.1) is 13.2 Å². The molecule has 0 bridgehead atoms. The first-order valence-electron chi connectivity index (χ1n) is 5.78. The molecule has 0 aromatic carbocycles. The number of nitrogens with one attached hydrogen (secondary N) is 1. The number of ether oxygens (including phenoxy) is 1. The van der Waals surface area contributed by atoms with Gasteiger partial charge in [-0.25, -0.2) is 9.97 Å². The molecule has 1 aliphatic rings. The fourth-order valence-corrected chi connectivity index (χ4v) is 2.03. The largest absolute Gasteiger partial charge is 0.379 e. The molecule has 94 valence electrons. The molecule has 1 saturated heterocycles. The van der Waals surface area contributed by atoms with E-state index in [0.29, 0.717) is 11.2 Å². The van der Waals surface area contributed by atoms with Gasteiger partial charge in [0.25, 0.3) is 0 Å². The Morgan fingerprint density at radius 3 is 2.94 bits per heavy atom. The van der Waals surface area contributed by atoms with Gasteiger partial charge >= 0.3 is 0 Å². The predicted octanol–water partition coefficient (Wildman–Crippen LogP) is 1.26. The summed E-state index contributed by atoms with van der Waals surface area (Å²) in [6.07, 6.45) is 1.46. The predicted molar refractivity (Wildman–Crippen MR) is 67.4 cm³/mol. The number of hydrogen-bond acceptors (Lipinski definition) is 5. The molecule has 1 aliphatic heterocycles. The Bertz CT molecular complexity index is 357. The smallest absolute Gasteiger partial charge is 0.134 e. The van der Waals surface area contributed by atoms with Crippen molar-refractivity contribution in [2.75, 3.05) is 38.2 Å². The van der Waals surface area contributed by atoms with Crippen LogP contribution in [0.25, 0.3) is 0 Å². The van der Waals surface area contributed by atoms with E-state index in [1.807, 2.05) is 0 Å². The lowest BCUT2D eigenvalue weighted by atomic mass is 10.3. The van der Waals surface area contributed by atoms with Crippen molar-refractivity contribution in [3.05, 3.63) is 17.5 Å². The van der Waals surface area contributed by atoms with E-state index in [2.05, 4.69) is 27.1 Å². The zero-order valence-corrected chi connectivity index (χ0v) is 10.7. The van der Waals surface area contributed by atoms with Crippen LogP contribution in [0.5, 0.6) is 0 Å². The Labute approximate surface area is 106 Å². The topological polar surface area (TPSA) is 50.3 Å². The molecule has 0 aliphatic carbocycles. The van der Waals surface area contributed by atoms with Gasteiger partial charge in [-0.1, -0.05) is 11.6 Å². The highest BCUT2D eigenvalue weighted by atomic mass is 35.5. The Balaban J connectivity index is 1.82. The lowest BCUT2D eigenvalue weighted by molar-refractivity contribution is 0.0368. The van der Waals surface area contributed by atoms with E-state index in [4.69, 9.17) is 16.3 Å². The number of aromatic nitrogens is 2. The van der Waals surface area contributed by atoms with Gasteiger partial charge in [-0.3, -0.25) is 4.90 Å². The quantitative estimate of drug-likeness (QED) is 0.822. The van der Waals surface area contributed by atoms with Gasteiger partial charge in [0, 0.05) is 31.7 Å². The van der Waals surface area contributed by atoms with Crippen LogP contribution in [0.1, 0.15) is 6.92 Å². The van der Waals surface area contributed by atoms with Crippen LogP contribution >= 0.6 is 11.6 Å². The summed E-state index contributed by atoms with van der Waals surface area (Å²) in [5, 5.41) is 3.77. The molecule has 5 nitrogen and oxygen atoms in total. The van der Waals surface area contributed by atoms with Crippen LogP contribution in [0.4, 0.5) is 5.82 Å². The number of morpholine rings is 1. The summed E-state index contributed by atoms with van der Waals surface area (Å²) in [5.74, 6) is 0.769. The van der Waals surface area contributed by atoms with Gasteiger partial charge < -0.3 is 10.1 Å². The molecule has 0 spiro atoms. The highest BCUT2D eigenvalue weighted by Gasteiger charge is 2.13. The Morgan fingerprint density at radius 1 is 1.47 bits per heavy atom. The highest BCUT2D eigenvalue weighted by Crippen LogP contribution is 2.10. The monoisotopic (exact) mass is 256 g/mol. The molecule has 1 aromatic rings. The number of anilines is 1. The maximum absolute atomic E-state index is 5.80. The SMILES string of the molecule is CC(CN1CCOCC1)Nc1cc(Cl)ncn1. The summed E-state index contributed by atoms with van der Waals surface area (Å²) < 4.78 is 5.32. The van der Waals surface area contributed by atoms with E-state index in [1.165, 1.54) is 6.33 Å². The summed E-state index contributed by atoms with van der Waals surface area (Å²) >= 11 is 5.80. The molecule has 2 heterocycles. The van der Waals surface area contributed by atoms with Gasteiger partial charge in [0.2, 0.25) is 0 Å². The van der Waals surface area contributed by atoms with E-state index in [0.717, 1.165) is 38.7 Å². The van der Waals surface area contributed by atoms with Crippen LogP contribution in [0, 0.1) is 0 Å². The second-order valence-corrected chi connectivity index (χ2v) is 4.57. The summed E-state index contributed by atoms with van der Waals surface area (Å²) in [6.45, 7) is 6.75. The normalized spacial score (nSPS) is 18.9. The minimum atomic E-state index is 0.319. The molecule has 0 saturated carbocycles. The maximum atomic E-state index is 5.80. The third-order valence-corrected chi connectivity index (χ3v) is 2.87. The fraction of sp³-hybridized carbons (Fsp3) is 0.636. The first kappa shape index (κ1) is 12.5. The van der Waals surface area contributed by atoms with Crippen molar-refractivity contribution in [2.45, 2.75) is 13.0 Å². The number of nitrogens with zero attached hydrogens (tertiary/aromatic N) is 3. The molecule has 1 N–H and O–H groups in total. The molecular formula is C11H17ClN4O. The molecular weight excluding hydrogens is 240 g/mol. The van der Waals surface area contributed by atoms with Gasteiger partial charge in [-0.15, -0.1) is 0 Å². The third-order valence-electron chi connectivity index (χ3n) is 2.66. The van der Waals surface area contributed by atoms with E-state index in [-0.39, 0.29) is 0 Å². The van der Waals surface area contributed by atoms with Crippen LogP contribution in [0.3, 0.4) is 0 Å². The Kier molecular flexibility index (Phi) is 4.53. The van der Waals surface area contributed by atoms with Crippen LogP contribution in [-0.4, -0.2) is 53.8 Å². The van der Waals surface area contributed by atoms with Crippen molar-refractivity contribution in [2.24, 2.45) is 0 Å². The number of halogens is 1. The first-order chi connectivity index (χ1) is 8.24.